The van der Waals surface area contributed by atoms with Crippen LogP contribution in [0, 0.1) is 0 Å². The molecule has 1 aliphatic heterocycles. The second-order valence-electron chi connectivity index (χ2n) is 8.16. The molecule has 0 saturated carbocycles. The minimum absolute atomic E-state index is 0.125. The van der Waals surface area contributed by atoms with Gasteiger partial charge in [-0.15, -0.1) is 0 Å². The summed E-state index contributed by atoms with van der Waals surface area (Å²) in [5.41, 5.74) is 1.13. The highest BCUT2D eigenvalue weighted by molar-refractivity contribution is 5.78. The molecule has 1 aliphatic rings. The topological polar surface area (TPSA) is 48.0 Å². The lowest BCUT2D eigenvalue weighted by Crippen LogP contribution is -2.60. The summed E-state index contributed by atoms with van der Waals surface area (Å²) in [5.74, 6) is 0.125. The van der Waals surface area contributed by atoms with Crippen LogP contribution in [0.2, 0.25) is 0 Å². The van der Waals surface area contributed by atoms with Crippen LogP contribution in [0.3, 0.4) is 0 Å². The van der Waals surface area contributed by atoms with Crippen molar-refractivity contribution < 1.29 is 19.0 Å². The van der Waals surface area contributed by atoms with Crippen molar-refractivity contribution in [2.24, 2.45) is 0 Å². The van der Waals surface area contributed by atoms with Gasteiger partial charge in [0.25, 0.3) is 0 Å². The second kappa shape index (κ2) is 14.6. The fourth-order valence-corrected chi connectivity index (χ4v) is 3.75. The van der Waals surface area contributed by atoms with E-state index in [4.69, 9.17) is 14.2 Å². The molecule has 1 fully saturated rings. The van der Waals surface area contributed by atoms with E-state index in [-0.39, 0.29) is 24.2 Å². The Hall–Kier alpha value is -1.43. The number of ether oxygens (including phenoxy) is 3. The molecule has 5 heteroatoms. The Balaban J connectivity index is 2.18. The van der Waals surface area contributed by atoms with Crippen molar-refractivity contribution in [1.29, 1.82) is 0 Å². The fourth-order valence-electron chi connectivity index (χ4n) is 3.75. The van der Waals surface area contributed by atoms with Crippen LogP contribution < -0.4 is 0 Å². The third kappa shape index (κ3) is 8.01. The zero-order valence-electron chi connectivity index (χ0n) is 19.2. The van der Waals surface area contributed by atoms with Crippen molar-refractivity contribution in [2.75, 3.05) is 26.4 Å². The van der Waals surface area contributed by atoms with Crippen LogP contribution in [0.5, 0.6) is 0 Å². The van der Waals surface area contributed by atoms with Gasteiger partial charge in [0.2, 0.25) is 5.91 Å². The van der Waals surface area contributed by atoms with E-state index < -0.39 is 0 Å². The Morgan fingerprint density at radius 3 is 2.20 bits per heavy atom. The number of benzene rings is 1. The van der Waals surface area contributed by atoms with Crippen molar-refractivity contribution in [3.8, 4) is 0 Å². The molecule has 2 rings (SSSR count). The number of hydrogen-bond donors (Lipinski definition) is 0. The molecule has 0 bridgehead atoms. The lowest BCUT2D eigenvalue weighted by Gasteiger charge is -2.44. The van der Waals surface area contributed by atoms with Crippen molar-refractivity contribution in [3.63, 3.8) is 0 Å². The standard InChI is InChI=1S/C25H41NO4/c1-4-7-15-28-20-22-25(30-17-9-6-3)23(29-16-8-5-2)18-24(27)26(22)19-21-13-11-10-12-14-21/h10-14,22-23,25H,4-9,15-20H2,1-3H3/t22?,23-,25?/m1/s1. The summed E-state index contributed by atoms with van der Waals surface area (Å²) in [6.07, 6.45) is 6.30. The van der Waals surface area contributed by atoms with Crippen LogP contribution in [0.4, 0.5) is 0 Å². The number of amides is 1. The smallest absolute Gasteiger partial charge is 0.226 e. The Morgan fingerprint density at radius 2 is 1.53 bits per heavy atom. The van der Waals surface area contributed by atoms with Crippen LogP contribution in [0.15, 0.2) is 30.3 Å². The Morgan fingerprint density at radius 1 is 0.900 bits per heavy atom. The van der Waals surface area contributed by atoms with Crippen LogP contribution in [-0.4, -0.2) is 55.5 Å². The highest BCUT2D eigenvalue weighted by Crippen LogP contribution is 2.27. The molecule has 0 aromatic heterocycles. The second-order valence-corrected chi connectivity index (χ2v) is 8.16. The summed E-state index contributed by atoms with van der Waals surface area (Å²) < 4.78 is 18.5. The van der Waals surface area contributed by atoms with Gasteiger partial charge < -0.3 is 19.1 Å². The van der Waals surface area contributed by atoms with E-state index in [1.54, 1.807) is 0 Å². The molecule has 1 heterocycles. The monoisotopic (exact) mass is 419 g/mol. The summed E-state index contributed by atoms with van der Waals surface area (Å²) in [6, 6.07) is 10.0. The van der Waals surface area contributed by atoms with Gasteiger partial charge >= 0.3 is 0 Å². The number of likely N-dealkylation sites (tertiary alicyclic amines) is 1. The SMILES string of the molecule is CCCCOCC1C(OCCCC)[C@H](OCCCC)CC(=O)N1Cc1ccccc1. The number of unbranched alkanes of at least 4 members (excludes halogenated alkanes) is 3. The van der Waals surface area contributed by atoms with Crippen molar-refractivity contribution >= 4 is 5.91 Å². The molecule has 1 aromatic carbocycles. The molecule has 2 unspecified atom stereocenters. The number of carbonyl (C=O) groups excluding carboxylic acids is 1. The van der Waals surface area contributed by atoms with Gasteiger partial charge in [0, 0.05) is 26.4 Å². The van der Waals surface area contributed by atoms with Crippen LogP contribution in [0.25, 0.3) is 0 Å². The van der Waals surface area contributed by atoms with Gasteiger partial charge in [0.1, 0.15) is 6.10 Å². The van der Waals surface area contributed by atoms with Gasteiger partial charge in [-0.2, -0.15) is 0 Å². The van der Waals surface area contributed by atoms with Crippen molar-refractivity contribution in [1.82, 2.24) is 4.90 Å². The molecular weight excluding hydrogens is 378 g/mol. The van der Waals surface area contributed by atoms with E-state index in [0.29, 0.717) is 39.4 Å². The van der Waals surface area contributed by atoms with Crippen LogP contribution >= 0.6 is 0 Å². The zero-order chi connectivity index (χ0) is 21.6. The van der Waals surface area contributed by atoms with E-state index in [2.05, 4.69) is 32.9 Å². The van der Waals surface area contributed by atoms with E-state index in [9.17, 15) is 4.79 Å². The highest BCUT2D eigenvalue weighted by atomic mass is 16.5. The lowest BCUT2D eigenvalue weighted by atomic mass is 9.94. The van der Waals surface area contributed by atoms with E-state index in [1.165, 1.54) is 0 Å². The first-order valence-electron chi connectivity index (χ1n) is 11.9. The summed E-state index contributed by atoms with van der Waals surface area (Å²) in [4.78, 5) is 15.1. The van der Waals surface area contributed by atoms with Crippen molar-refractivity contribution in [3.05, 3.63) is 35.9 Å². The molecule has 30 heavy (non-hydrogen) atoms. The number of hydrogen-bond acceptors (Lipinski definition) is 4. The van der Waals surface area contributed by atoms with E-state index >= 15 is 0 Å². The summed E-state index contributed by atoms with van der Waals surface area (Å²) in [6.45, 7) is 9.61. The van der Waals surface area contributed by atoms with Gasteiger partial charge in [0.15, 0.2) is 0 Å². The first-order valence-corrected chi connectivity index (χ1v) is 11.9. The first kappa shape index (κ1) is 24.8. The molecule has 170 valence electrons. The maximum atomic E-state index is 13.2. The molecule has 0 N–H and O–H groups in total. The van der Waals surface area contributed by atoms with Crippen molar-refractivity contribution in [2.45, 2.75) is 90.5 Å². The van der Waals surface area contributed by atoms with Crippen LogP contribution in [-0.2, 0) is 25.5 Å². The average Bonchev–Trinajstić information content (AvgIpc) is 2.76. The third-order valence-corrected chi connectivity index (χ3v) is 5.61. The molecule has 0 radical (unpaired) electrons. The minimum atomic E-state index is -0.201. The normalized spacial score (nSPS) is 21.9. The predicted molar refractivity (Wildman–Crippen MR) is 120 cm³/mol. The largest absolute Gasteiger partial charge is 0.379 e. The van der Waals surface area contributed by atoms with Gasteiger partial charge in [-0.05, 0) is 24.8 Å². The Kier molecular flexibility index (Phi) is 12.0. The first-order chi connectivity index (χ1) is 14.7. The zero-order valence-corrected chi connectivity index (χ0v) is 19.2. The summed E-state index contributed by atoms with van der Waals surface area (Å²) in [5, 5.41) is 0. The third-order valence-electron chi connectivity index (χ3n) is 5.61. The van der Waals surface area contributed by atoms with Gasteiger partial charge in [0.05, 0.1) is 25.2 Å². The number of piperidine rings is 1. The molecule has 0 spiro atoms. The fraction of sp³-hybridized carbons (Fsp3) is 0.720. The Labute approximate surface area is 183 Å². The molecular formula is C25H41NO4. The number of nitrogens with zero attached hydrogens (tertiary/aromatic N) is 1. The predicted octanol–water partition coefficient (Wildman–Crippen LogP) is 4.97. The van der Waals surface area contributed by atoms with E-state index in [0.717, 1.165) is 44.1 Å². The van der Waals surface area contributed by atoms with Gasteiger partial charge in [-0.1, -0.05) is 70.4 Å². The van der Waals surface area contributed by atoms with Gasteiger partial charge in [-0.25, -0.2) is 0 Å². The Bertz CT molecular complexity index is 580. The summed E-state index contributed by atoms with van der Waals surface area (Å²) in [7, 11) is 0. The lowest BCUT2D eigenvalue weighted by molar-refractivity contribution is -0.174. The van der Waals surface area contributed by atoms with Gasteiger partial charge in [-0.3, -0.25) is 4.79 Å². The highest BCUT2D eigenvalue weighted by Gasteiger charge is 2.43. The average molecular weight is 420 g/mol. The molecule has 0 aliphatic carbocycles. The minimum Gasteiger partial charge on any atom is -0.379 e. The molecule has 3 atom stereocenters. The van der Waals surface area contributed by atoms with E-state index in [1.807, 2.05) is 23.1 Å². The number of rotatable bonds is 15. The quantitative estimate of drug-likeness (QED) is 0.376. The summed E-state index contributed by atoms with van der Waals surface area (Å²) >= 11 is 0. The number of carbonyl (C=O) groups is 1. The maximum Gasteiger partial charge on any atom is 0.226 e. The maximum absolute atomic E-state index is 13.2. The molecule has 1 amide bonds. The molecule has 5 nitrogen and oxygen atoms in total. The molecule has 1 saturated heterocycles. The van der Waals surface area contributed by atoms with Crippen LogP contribution in [0.1, 0.15) is 71.3 Å². The molecule has 1 aromatic rings.